The van der Waals surface area contributed by atoms with Gasteiger partial charge in [0.25, 0.3) is 0 Å². The Morgan fingerprint density at radius 1 is 1.26 bits per heavy atom. The maximum absolute atomic E-state index is 13.3. The molecule has 2 heterocycles. The molecule has 3 rings (SSSR count). The van der Waals surface area contributed by atoms with Crippen molar-refractivity contribution < 1.29 is 4.39 Å². The van der Waals surface area contributed by atoms with Crippen molar-refractivity contribution in [1.82, 2.24) is 14.6 Å². The van der Waals surface area contributed by atoms with E-state index in [4.69, 9.17) is 23.2 Å². The van der Waals surface area contributed by atoms with E-state index in [9.17, 15) is 4.39 Å². The van der Waals surface area contributed by atoms with Crippen molar-refractivity contribution >= 4 is 28.8 Å². The lowest BCUT2D eigenvalue weighted by atomic mass is 10.1. The largest absolute Gasteiger partial charge is 0.216 e. The highest BCUT2D eigenvalue weighted by Gasteiger charge is 2.14. The van der Waals surface area contributed by atoms with E-state index in [0.29, 0.717) is 32.6 Å². The third-order valence-electron chi connectivity index (χ3n) is 2.89. The van der Waals surface area contributed by atoms with Crippen molar-refractivity contribution in [2.24, 2.45) is 0 Å². The summed E-state index contributed by atoms with van der Waals surface area (Å²) < 4.78 is 14.8. The number of nitrogens with zero attached hydrogens (tertiary/aromatic N) is 3. The minimum Gasteiger partial charge on any atom is -0.216 e. The second-order valence-corrected chi connectivity index (χ2v) is 4.84. The van der Waals surface area contributed by atoms with E-state index in [0.717, 1.165) is 0 Å². The molecule has 0 aliphatic carbocycles. The van der Waals surface area contributed by atoms with E-state index in [1.807, 2.05) is 0 Å². The number of hydrogen-bond donors (Lipinski definition) is 0. The number of benzene rings is 1. The van der Waals surface area contributed by atoms with Crippen LogP contribution >= 0.6 is 23.2 Å². The molecule has 0 saturated carbocycles. The molecular formula is C13H8Cl2FN3. The number of hydrogen-bond acceptors (Lipinski definition) is 2. The van der Waals surface area contributed by atoms with Crippen LogP contribution in [0, 0.1) is 12.7 Å². The fourth-order valence-corrected chi connectivity index (χ4v) is 2.30. The number of rotatable bonds is 1. The van der Waals surface area contributed by atoms with Gasteiger partial charge in [-0.2, -0.15) is 5.10 Å². The lowest BCUT2D eigenvalue weighted by Crippen LogP contribution is -1.96. The zero-order valence-electron chi connectivity index (χ0n) is 9.86. The molecule has 0 aliphatic heterocycles. The van der Waals surface area contributed by atoms with E-state index in [-0.39, 0.29) is 5.82 Å². The normalized spacial score (nSPS) is 11.2. The summed E-state index contributed by atoms with van der Waals surface area (Å²) in [6.07, 6.45) is 1.60. The predicted octanol–water partition coefficient (Wildman–Crippen LogP) is 4.15. The zero-order valence-corrected chi connectivity index (χ0v) is 11.4. The van der Waals surface area contributed by atoms with Crippen molar-refractivity contribution in [3.8, 4) is 11.1 Å². The molecule has 0 bridgehead atoms. The van der Waals surface area contributed by atoms with Crippen LogP contribution in [-0.4, -0.2) is 14.6 Å². The van der Waals surface area contributed by atoms with E-state index in [1.165, 1.54) is 16.6 Å². The van der Waals surface area contributed by atoms with Crippen LogP contribution in [0.1, 0.15) is 5.56 Å². The minimum atomic E-state index is -0.318. The smallest absolute Gasteiger partial charge is 0.166 e. The van der Waals surface area contributed by atoms with Crippen molar-refractivity contribution in [1.29, 1.82) is 0 Å². The first-order valence-corrected chi connectivity index (χ1v) is 6.29. The maximum atomic E-state index is 13.3. The van der Waals surface area contributed by atoms with Crippen LogP contribution in [0.25, 0.3) is 16.8 Å². The van der Waals surface area contributed by atoms with Gasteiger partial charge in [0.15, 0.2) is 5.65 Å². The summed E-state index contributed by atoms with van der Waals surface area (Å²) in [6.45, 7) is 1.76. The first-order chi connectivity index (χ1) is 9.08. The summed E-state index contributed by atoms with van der Waals surface area (Å²) in [6, 6.07) is 6.21. The second-order valence-electron chi connectivity index (χ2n) is 4.12. The molecule has 1 aromatic carbocycles. The standard InChI is InChI=1S/C13H8Cl2FN3/c1-7-11(14)18-13-10(6-17-19(13)12(7)15)8-3-2-4-9(16)5-8/h2-6H,1H3. The lowest BCUT2D eigenvalue weighted by Gasteiger charge is -2.04. The molecule has 2 aromatic heterocycles. The molecule has 19 heavy (non-hydrogen) atoms. The molecule has 3 aromatic rings. The summed E-state index contributed by atoms with van der Waals surface area (Å²) in [7, 11) is 0. The molecule has 3 nitrogen and oxygen atoms in total. The Hall–Kier alpha value is -1.65. The van der Waals surface area contributed by atoms with Gasteiger partial charge in [-0.25, -0.2) is 13.9 Å². The first-order valence-electron chi connectivity index (χ1n) is 5.53. The van der Waals surface area contributed by atoms with Gasteiger partial charge in [-0.3, -0.25) is 0 Å². The summed E-state index contributed by atoms with van der Waals surface area (Å²) >= 11 is 12.2. The molecule has 0 atom stereocenters. The van der Waals surface area contributed by atoms with E-state index < -0.39 is 0 Å². The van der Waals surface area contributed by atoms with Gasteiger partial charge in [-0.05, 0) is 24.6 Å². The van der Waals surface area contributed by atoms with Crippen LogP contribution in [0.3, 0.4) is 0 Å². The number of aromatic nitrogens is 3. The second kappa shape index (κ2) is 4.47. The van der Waals surface area contributed by atoms with Crippen molar-refractivity contribution in [3.05, 3.63) is 52.1 Å². The van der Waals surface area contributed by atoms with Crippen molar-refractivity contribution in [3.63, 3.8) is 0 Å². The topological polar surface area (TPSA) is 30.2 Å². The van der Waals surface area contributed by atoms with Crippen molar-refractivity contribution in [2.75, 3.05) is 0 Å². The van der Waals surface area contributed by atoms with Gasteiger partial charge in [0, 0.05) is 11.1 Å². The molecule has 0 aliphatic rings. The van der Waals surface area contributed by atoms with E-state index in [1.54, 1.807) is 25.3 Å². The van der Waals surface area contributed by atoms with Gasteiger partial charge in [-0.1, -0.05) is 35.3 Å². The van der Waals surface area contributed by atoms with E-state index in [2.05, 4.69) is 10.1 Å². The van der Waals surface area contributed by atoms with Gasteiger partial charge in [0.2, 0.25) is 0 Å². The predicted molar refractivity (Wildman–Crippen MR) is 73.1 cm³/mol. The Morgan fingerprint density at radius 2 is 2.05 bits per heavy atom. The molecule has 0 unspecified atom stereocenters. The molecule has 0 N–H and O–H groups in total. The van der Waals surface area contributed by atoms with E-state index >= 15 is 0 Å². The summed E-state index contributed by atoms with van der Waals surface area (Å²) in [4.78, 5) is 4.26. The molecular weight excluding hydrogens is 288 g/mol. The highest BCUT2D eigenvalue weighted by atomic mass is 35.5. The molecule has 6 heteroatoms. The Morgan fingerprint density at radius 3 is 2.79 bits per heavy atom. The highest BCUT2D eigenvalue weighted by Crippen LogP contribution is 2.29. The SMILES string of the molecule is Cc1c(Cl)nc2c(-c3cccc(F)c3)cnn2c1Cl. The number of fused-ring (bicyclic) bond motifs is 1. The summed E-state index contributed by atoms with van der Waals surface area (Å²) in [5, 5.41) is 4.88. The fourth-order valence-electron chi connectivity index (χ4n) is 1.87. The third kappa shape index (κ3) is 1.97. The van der Waals surface area contributed by atoms with Gasteiger partial charge in [-0.15, -0.1) is 0 Å². The molecule has 0 spiro atoms. The quantitative estimate of drug-likeness (QED) is 0.631. The molecule has 0 saturated heterocycles. The average Bonchev–Trinajstić information content (AvgIpc) is 2.80. The Balaban J connectivity index is 2.32. The minimum absolute atomic E-state index is 0.315. The van der Waals surface area contributed by atoms with Crippen molar-refractivity contribution in [2.45, 2.75) is 6.92 Å². The highest BCUT2D eigenvalue weighted by molar-refractivity contribution is 6.34. The fraction of sp³-hybridized carbons (Fsp3) is 0.0769. The molecule has 96 valence electrons. The third-order valence-corrected chi connectivity index (χ3v) is 3.70. The van der Waals surface area contributed by atoms with Gasteiger partial charge < -0.3 is 0 Å². The maximum Gasteiger partial charge on any atom is 0.166 e. The monoisotopic (exact) mass is 295 g/mol. The molecule has 0 amide bonds. The van der Waals surface area contributed by atoms with Crippen LogP contribution < -0.4 is 0 Å². The Labute approximate surface area is 118 Å². The summed E-state index contributed by atoms with van der Waals surface area (Å²) in [5.74, 6) is -0.318. The molecule has 0 radical (unpaired) electrons. The van der Waals surface area contributed by atoms with Crippen LogP contribution in [0.4, 0.5) is 4.39 Å². The van der Waals surface area contributed by atoms with Gasteiger partial charge >= 0.3 is 0 Å². The average molecular weight is 296 g/mol. The molecule has 0 fully saturated rings. The van der Waals surface area contributed by atoms with Crippen LogP contribution in [0.2, 0.25) is 10.3 Å². The number of halogens is 3. The zero-order chi connectivity index (χ0) is 13.6. The van der Waals surface area contributed by atoms with Gasteiger partial charge in [0.1, 0.15) is 16.1 Å². The summed E-state index contributed by atoms with van der Waals surface area (Å²) in [5.41, 5.74) is 2.53. The van der Waals surface area contributed by atoms with Crippen LogP contribution in [-0.2, 0) is 0 Å². The first kappa shape index (κ1) is 12.4. The van der Waals surface area contributed by atoms with Crippen LogP contribution in [0.5, 0.6) is 0 Å². The lowest BCUT2D eigenvalue weighted by molar-refractivity contribution is 0.628. The Kier molecular flexibility index (Phi) is 2.92. The van der Waals surface area contributed by atoms with Gasteiger partial charge in [0.05, 0.1) is 6.20 Å². The van der Waals surface area contributed by atoms with Crippen LogP contribution in [0.15, 0.2) is 30.5 Å². The Bertz CT molecular complexity index is 783.